The molecular weight excluding hydrogens is 597 g/mol. The van der Waals surface area contributed by atoms with Crippen LogP contribution in [-0.4, -0.2) is 36.0 Å². The molecule has 0 unspecified atom stereocenters. The van der Waals surface area contributed by atoms with Gasteiger partial charge in [-0.05, 0) is 72.6 Å². The molecule has 1 heterocycles. The van der Waals surface area contributed by atoms with Crippen molar-refractivity contribution in [2.24, 2.45) is 5.92 Å². The first kappa shape index (κ1) is 32.6. The Morgan fingerprint density at radius 2 is 1.59 bits per heavy atom. The molecule has 3 aromatic carbocycles. The summed E-state index contributed by atoms with van der Waals surface area (Å²) in [6.45, 7) is 4.71. The Bertz CT molecular complexity index is 1670. The van der Waals surface area contributed by atoms with E-state index in [4.69, 9.17) is 16.3 Å². The van der Waals surface area contributed by atoms with E-state index in [0.717, 1.165) is 17.6 Å². The standard InChI is InChI=1S/C32H32ClF3N4O4/c1-19(2)29(41)37-18-20-5-11-26(33)25(15-20)30(42)39-24-10-12-27-21(16-24)17-28(40(27)13-4-14-44-3)31(43)38-23-8-6-22(7-9-23)32(34,35)36/h5-12,15-17,19H,4,13-14,18H2,1-3H3,(H,37,41)(H,38,43)(H,39,42). The van der Waals surface area contributed by atoms with E-state index in [1.165, 1.54) is 12.1 Å². The molecule has 1 aromatic heterocycles. The zero-order valence-electron chi connectivity index (χ0n) is 24.3. The van der Waals surface area contributed by atoms with Crippen LogP contribution in [0.2, 0.25) is 5.02 Å². The third-order valence-corrected chi connectivity index (χ3v) is 7.19. The minimum absolute atomic E-state index is 0.110. The van der Waals surface area contributed by atoms with Crippen LogP contribution < -0.4 is 16.0 Å². The number of amides is 3. The van der Waals surface area contributed by atoms with E-state index in [2.05, 4.69) is 16.0 Å². The lowest BCUT2D eigenvalue weighted by Gasteiger charge is -2.12. The maximum Gasteiger partial charge on any atom is 0.416 e. The first-order valence-electron chi connectivity index (χ1n) is 13.9. The van der Waals surface area contributed by atoms with Gasteiger partial charge in [-0.25, -0.2) is 0 Å². The summed E-state index contributed by atoms with van der Waals surface area (Å²) in [5.41, 5.74) is 1.81. The van der Waals surface area contributed by atoms with Crippen molar-refractivity contribution in [1.29, 1.82) is 0 Å². The summed E-state index contributed by atoms with van der Waals surface area (Å²) < 4.78 is 45.8. The van der Waals surface area contributed by atoms with Gasteiger partial charge in [0.25, 0.3) is 11.8 Å². The van der Waals surface area contributed by atoms with Crippen molar-refractivity contribution in [3.8, 4) is 0 Å². The molecule has 0 aliphatic rings. The van der Waals surface area contributed by atoms with Gasteiger partial charge in [-0.15, -0.1) is 0 Å². The number of hydrogen-bond acceptors (Lipinski definition) is 4. The molecule has 12 heteroatoms. The number of methoxy groups -OCH3 is 1. The highest BCUT2D eigenvalue weighted by molar-refractivity contribution is 6.34. The van der Waals surface area contributed by atoms with Crippen LogP contribution in [0.3, 0.4) is 0 Å². The molecule has 0 bridgehead atoms. The van der Waals surface area contributed by atoms with E-state index < -0.39 is 23.6 Å². The molecule has 3 amide bonds. The molecule has 8 nitrogen and oxygen atoms in total. The number of alkyl halides is 3. The lowest BCUT2D eigenvalue weighted by molar-refractivity contribution is -0.137. The predicted molar refractivity (Wildman–Crippen MR) is 164 cm³/mol. The van der Waals surface area contributed by atoms with Crippen molar-refractivity contribution in [3.63, 3.8) is 0 Å². The molecule has 4 aromatic rings. The number of ether oxygens (including phenoxy) is 1. The Morgan fingerprint density at radius 3 is 2.25 bits per heavy atom. The zero-order chi connectivity index (χ0) is 32.0. The number of rotatable bonds is 11. The lowest BCUT2D eigenvalue weighted by Crippen LogP contribution is -2.27. The average molecular weight is 629 g/mol. The number of nitrogens with one attached hydrogen (secondary N) is 3. The molecule has 0 aliphatic carbocycles. The number of benzene rings is 3. The minimum atomic E-state index is -4.48. The van der Waals surface area contributed by atoms with Crippen LogP contribution in [0, 0.1) is 5.92 Å². The van der Waals surface area contributed by atoms with Crippen molar-refractivity contribution in [3.05, 3.63) is 94.1 Å². The molecule has 0 fully saturated rings. The van der Waals surface area contributed by atoms with E-state index >= 15 is 0 Å². The van der Waals surface area contributed by atoms with Crippen molar-refractivity contribution in [1.82, 2.24) is 9.88 Å². The Balaban J connectivity index is 1.57. The lowest BCUT2D eigenvalue weighted by atomic mass is 10.1. The number of hydrogen-bond donors (Lipinski definition) is 3. The summed E-state index contributed by atoms with van der Waals surface area (Å²) in [7, 11) is 1.57. The molecule has 232 valence electrons. The van der Waals surface area contributed by atoms with Gasteiger partial charge in [0.05, 0.1) is 16.1 Å². The van der Waals surface area contributed by atoms with Gasteiger partial charge < -0.3 is 25.3 Å². The maximum atomic E-state index is 13.3. The van der Waals surface area contributed by atoms with E-state index in [1.54, 1.807) is 68.0 Å². The summed E-state index contributed by atoms with van der Waals surface area (Å²) >= 11 is 6.32. The van der Waals surface area contributed by atoms with E-state index in [9.17, 15) is 27.6 Å². The first-order valence-corrected chi connectivity index (χ1v) is 14.2. The third-order valence-electron chi connectivity index (χ3n) is 6.86. The maximum absolute atomic E-state index is 13.3. The van der Waals surface area contributed by atoms with E-state index in [1.807, 2.05) is 0 Å². The quantitative estimate of drug-likeness (QED) is 0.154. The van der Waals surface area contributed by atoms with Crippen molar-refractivity contribution in [2.45, 2.75) is 39.5 Å². The summed E-state index contributed by atoms with van der Waals surface area (Å²) in [6, 6.07) is 16.0. The fraction of sp³-hybridized carbons (Fsp3) is 0.281. The molecule has 3 N–H and O–H groups in total. The van der Waals surface area contributed by atoms with Gasteiger partial charge in [-0.1, -0.05) is 31.5 Å². The smallest absolute Gasteiger partial charge is 0.385 e. The molecule has 0 spiro atoms. The number of fused-ring (bicyclic) bond motifs is 1. The highest BCUT2D eigenvalue weighted by atomic mass is 35.5. The van der Waals surface area contributed by atoms with E-state index in [0.29, 0.717) is 41.9 Å². The molecule has 0 atom stereocenters. The van der Waals surface area contributed by atoms with Crippen LogP contribution in [0.15, 0.2) is 66.7 Å². The number of anilines is 2. The summed E-state index contributed by atoms with van der Waals surface area (Å²) in [5, 5.41) is 9.22. The van der Waals surface area contributed by atoms with Gasteiger partial charge in [-0.3, -0.25) is 14.4 Å². The highest BCUT2D eigenvalue weighted by Crippen LogP contribution is 2.30. The van der Waals surface area contributed by atoms with Crippen LogP contribution in [0.5, 0.6) is 0 Å². The Labute approximate surface area is 257 Å². The van der Waals surface area contributed by atoms with Gasteiger partial charge in [-0.2, -0.15) is 13.2 Å². The molecule has 0 saturated heterocycles. The Morgan fingerprint density at radius 1 is 0.909 bits per heavy atom. The summed E-state index contributed by atoms with van der Waals surface area (Å²) in [6.07, 6.45) is -3.88. The number of carbonyl (C=O) groups is 3. The molecule has 44 heavy (non-hydrogen) atoms. The van der Waals surface area contributed by atoms with Crippen LogP contribution in [0.1, 0.15) is 52.2 Å². The van der Waals surface area contributed by atoms with Gasteiger partial charge in [0.2, 0.25) is 5.91 Å². The normalized spacial score (nSPS) is 11.5. The monoisotopic (exact) mass is 628 g/mol. The molecule has 4 rings (SSSR count). The number of carbonyl (C=O) groups excluding carboxylic acids is 3. The van der Waals surface area contributed by atoms with Gasteiger partial charge >= 0.3 is 6.18 Å². The minimum Gasteiger partial charge on any atom is -0.385 e. The Hall–Kier alpha value is -4.35. The largest absolute Gasteiger partial charge is 0.416 e. The van der Waals surface area contributed by atoms with Crippen molar-refractivity contribution >= 4 is 51.6 Å². The Kier molecular flexibility index (Phi) is 10.3. The molecular formula is C32H32ClF3N4O4. The van der Waals surface area contributed by atoms with Gasteiger partial charge in [0.15, 0.2) is 0 Å². The predicted octanol–water partition coefficient (Wildman–Crippen LogP) is 7.13. The van der Waals surface area contributed by atoms with Crippen LogP contribution >= 0.6 is 11.6 Å². The SMILES string of the molecule is COCCCn1c(C(=O)Nc2ccc(C(F)(F)F)cc2)cc2cc(NC(=O)c3cc(CNC(=O)C(C)C)ccc3Cl)ccc21. The van der Waals surface area contributed by atoms with Crippen molar-refractivity contribution in [2.75, 3.05) is 24.4 Å². The summed E-state index contributed by atoms with van der Waals surface area (Å²) in [4.78, 5) is 38.4. The van der Waals surface area contributed by atoms with Gasteiger partial charge in [0.1, 0.15) is 5.69 Å². The van der Waals surface area contributed by atoms with Crippen LogP contribution in [0.4, 0.5) is 24.5 Å². The number of nitrogens with zero attached hydrogens (tertiary/aromatic N) is 1. The molecule has 0 aliphatic heterocycles. The van der Waals surface area contributed by atoms with E-state index in [-0.39, 0.29) is 34.6 Å². The first-order chi connectivity index (χ1) is 20.9. The molecule has 0 radical (unpaired) electrons. The fourth-order valence-electron chi connectivity index (χ4n) is 4.53. The van der Waals surface area contributed by atoms with Gasteiger partial charge in [0, 0.05) is 55.0 Å². The summed E-state index contributed by atoms with van der Waals surface area (Å²) in [5.74, 6) is -1.24. The number of aromatic nitrogens is 1. The second-order valence-corrected chi connectivity index (χ2v) is 10.9. The zero-order valence-corrected chi connectivity index (χ0v) is 25.1. The van der Waals surface area contributed by atoms with Crippen LogP contribution in [-0.2, 0) is 28.8 Å². The molecule has 0 saturated carbocycles. The number of halogens is 4. The average Bonchev–Trinajstić information content (AvgIpc) is 3.34. The third kappa shape index (κ3) is 7.97. The topological polar surface area (TPSA) is 101 Å². The highest BCUT2D eigenvalue weighted by Gasteiger charge is 2.30. The second-order valence-electron chi connectivity index (χ2n) is 10.5. The number of aryl methyl sites for hydroxylation is 1. The van der Waals surface area contributed by atoms with Crippen LogP contribution in [0.25, 0.3) is 10.9 Å². The fourth-order valence-corrected chi connectivity index (χ4v) is 4.73. The van der Waals surface area contributed by atoms with Crippen molar-refractivity contribution < 1.29 is 32.3 Å². The second kappa shape index (κ2) is 14.0.